The number of nitrogens with zero attached hydrogens (tertiary/aromatic N) is 2. The second kappa shape index (κ2) is 11.0. The summed E-state index contributed by atoms with van der Waals surface area (Å²) in [7, 11) is 0. The summed E-state index contributed by atoms with van der Waals surface area (Å²) in [6, 6.07) is 8.36. The van der Waals surface area contributed by atoms with Crippen LogP contribution in [0.2, 0.25) is 0 Å². The lowest BCUT2D eigenvalue weighted by molar-refractivity contribution is -0.128. The molecule has 0 unspecified atom stereocenters. The average molecular weight is 498 g/mol. The van der Waals surface area contributed by atoms with E-state index >= 15 is 0 Å². The lowest BCUT2D eigenvalue weighted by atomic mass is 9.67. The Morgan fingerprint density at radius 2 is 1.89 bits per heavy atom. The number of hydrogen-bond donors (Lipinski definition) is 2. The molecule has 0 spiro atoms. The van der Waals surface area contributed by atoms with Crippen molar-refractivity contribution >= 4 is 35.8 Å². The predicted octanol–water partition coefficient (Wildman–Crippen LogP) is 4.06. The van der Waals surface area contributed by atoms with Crippen LogP contribution in [0.3, 0.4) is 0 Å². The molecule has 0 atom stereocenters. The van der Waals surface area contributed by atoms with Gasteiger partial charge in [0.2, 0.25) is 5.91 Å². The number of amides is 1. The highest BCUT2D eigenvalue weighted by molar-refractivity contribution is 14.0. The molecule has 1 saturated carbocycles. The quantitative estimate of drug-likeness (QED) is 0.323. The molecular formula is C22H35IN4O. The maximum Gasteiger partial charge on any atom is 0.222 e. The molecule has 0 bridgehead atoms. The van der Waals surface area contributed by atoms with Gasteiger partial charge in [-0.1, -0.05) is 37.6 Å². The first-order chi connectivity index (χ1) is 13.2. The first-order valence-corrected chi connectivity index (χ1v) is 10.5. The zero-order valence-corrected chi connectivity index (χ0v) is 19.6. The molecule has 1 saturated heterocycles. The van der Waals surface area contributed by atoms with Crippen LogP contribution in [0, 0.1) is 5.41 Å². The summed E-state index contributed by atoms with van der Waals surface area (Å²) in [6.45, 7) is 8.46. The SMILES string of the molecule is CCNC(=NCc1ccccc1CN1CCCC1=O)NCC1(CC)CCC1.I. The van der Waals surface area contributed by atoms with Gasteiger partial charge in [0.25, 0.3) is 0 Å². The van der Waals surface area contributed by atoms with Crippen molar-refractivity contribution in [3.63, 3.8) is 0 Å². The number of nitrogens with one attached hydrogen (secondary N) is 2. The van der Waals surface area contributed by atoms with Crippen molar-refractivity contribution in [3.05, 3.63) is 35.4 Å². The largest absolute Gasteiger partial charge is 0.357 e. The molecule has 1 aromatic rings. The molecule has 1 aromatic carbocycles. The number of benzene rings is 1. The number of carbonyl (C=O) groups excluding carboxylic acids is 1. The fraction of sp³-hybridized carbons (Fsp3) is 0.636. The second-order valence-corrected chi connectivity index (χ2v) is 7.94. The number of guanidine groups is 1. The zero-order valence-electron chi connectivity index (χ0n) is 17.3. The van der Waals surface area contributed by atoms with E-state index in [1.54, 1.807) is 0 Å². The summed E-state index contributed by atoms with van der Waals surface area (Å²) in [4.78, 5) is 18.8. The summed E-state index contributed by atoms with van der Waals surface area (Å²) < 4.78 is 0. The van der Waals surface area contributed by atoms with Crippen LogP contribution in [0.4, 0.5) is 0 Å². The van der Waals surface area contributed by atoms with Crippen LogP contribution in [-0.4, -0.2) is 36.4 Å². The summed E-state index contributed by atoms with van der Waals surface area (Å²) in [5.41, 5.74) is 2.86. The van der Waals surface area contributed by atoms with Gasteiger partial charge in [-0.25, -0.2) is 4.99 Å². The topological polar surface area (TPSA) is 56.7 Å². The Hall–Kier alpha value is -1.31. The van der Waals surface area contributed by atoms with Gasteiger partial charge in [-0.3, -0.25) is 4.79 Å². The van der Waals surface area contributed by atoms with Gasteiger partial charge in [-0.15, -0.1) is 24.0 Å². The van der Waals surface area contributed by atoms with E-state index in [9.17, 15) is 4.79 Å². The lowest BCUT2D eigenvalue weighted by Gasteiger charge is -2.41. The van der Waals surface area contributed by atoms with Crippen LogP contribution < -0.4 is 10.6 Å². The number of halogens is 1. The molecule has 1 heterocycles. The molecule has 0 aromatic heterocycles. The molecule has 5 nitrogen and oxygen atoms in total. The summed E-state index contributed by atoms with van der Waals surface area (Å²) >= 11 is 0. The molecule has 6 heteroatoms. The summed E-state index contributed by atoms with van der Waals surface area (Å²) in [5.74, 6) is 1.16. The highest BCUT2D eigenvalue weighted by Gasteiger charge is 2.34. The van der Waals surface area contributed by atoms with Crippen LogP contribution in [0.25, 0.3) is 0 Å². The third-order valence-electron chi connectivity index (χ3n) is 6.20. The zero-order chi connectivity index (χ0) is 19.1. The first kappa shape index (κ1) is 23.0. The maximum absolute atomic E-state index is 12.0. The van der Waals surface area contributed by atoms with Crippen LogP contribution in [-0.2, 0) is 17.9 Å². The molecule has 1 aliphatic heterocycles. The van der Waals surface area contributed by atoms with Crippen molar-refractivity contribution in [1.82, 2.24) is 15.5 Å². The molecule has 156 valence electrons. The monoisotopic (exact) mass is 498 g/mol. The minimum absolute atomic E-state index is 0. The van der Waals surface area contributed by atoms with Gasteiger partial charge in [0.1, 0.15) is 0 Å². The van der Waals surface area contributed by atoms with E-state index in [4.69, 9.17) is 4.99 Å². The minimum atomic E-state index is 0. The van der Waals surface area contributed by atoms with Crippen molar-refractivity contribution in [1.29, 1.82) is 0 Å². The van der Waals surface area contributed by atoms with E-state index in [1.165, 1.54) is 36.8 Å². The van der Waals surface area contributed by atoms with E-state index < -0.39 is 0 Å². The number of hydrogen-bond acceptors (Lipinski definition) is 2. The molecular weight excluding hydrogens is 463 g/mol. The predicted molar refractivity (Wildman–Crippen MR) is 126 cm³/mol. The van der Waals surface area contributed by atoms with E-state index in [1.807, 2.05) is 11.0 Å². The number of carbonyl (C=O) groups is 1. The maximum atomic E-state index is 12.0. The highest BCUT2D eigenvalue weighted by Crippen LogP contribution is 2.42. The molecule has 28 heavy (non-hydrogen) atoms. The molecule has 2 fully saturated rings. The van der Waals surface area contributed by atoms with Crippen molar-refractivity contribution in [3.8, 4) is 0 Å². The van der Waals surface area contributed by atoms with Gasteiger partial charge in [-0.2, -0.15) is 0 Å². The Labute approximate surface area is 186 Å². The van der Waals surface area contributed by atoms with E-state index in [0.717, 1.165) is 32.0 Å². The van der Waals surface area contributed by atoms with Crippen LogP contribution in [0.5, 0.6) is 0 Å². The average Bonchev–Trinajstić information content (AvgIpc) is 3.05. The number of rotatable bonds is 8. The fourth-order valence-electron chi connectivity index (χ4n) is 4.05. The van der Waals surface area contributed by atoms with Crippen molar-refractivity contribution in [2.24, 2.45) is 10.4 Å². The van der Waals surface area contributed by atoms with Crippen molar-refractivity contribution in [2.45, 2.75) is 65.5 Å². The van der Waals surface area contributed by atoms with E-state index in [2.05, 4.69) is 42.7 Å². The third kappa shape index (κ3) is 5.84. The van der Waals surface area contributed by atoms with Crippen molar-refractivity contribution < 1.29 is 4.79 Å². The van der Waals surface area contributed by atoms with Crippen LogP contribution in [0.1, 0.15) is 63.5 Å². The summed E-state index contributed by atoms with van der Waals surface area (Å²) in [6.07, 6.45) is 6.89. The lowest BCUT2D eigenvalue weighted by Crippen LogP contribution is -2.46. The third-order valence-corrected chi connectivity index (χ3v) is 6.20. The van der Waals surface area contributed by atoms with Gasteiger partial charge in [0, 0.05) is 32.6 Å². The molecule has 1 aliphatic carbocycles. The van der Waals surface area contributed by atoms with E-state index in [0.29, 0.717) is 24.9 Å². The molecule has 0 radical (unpaired) electrons. The standard InChI is InChI=1S/C22H34N4O.HI/c1-3-22(12-8-13-22)17-25-21(23-4-2)24-15-18-9-5-6-10-19(18)16-26-14-7-11-20(26)27;/h5-6,9-10H,3-4,7-8,11-17H2,1-2H3,(H2,23,24,25);1H. The fourth-order valence-corrected chi connectivity index (χ4v) is 4.05. The van der Waals surface area contributed by atoms with Gasteiger partial charge < -0.3 is 15.5 Å². The molecule has 2 N–H and O–H groups in total. The molecule has 2 aliphatic rings. The molecule has 1 amide bonds. The highest BCUT2D eigenvalue weighted by atomic mass is 127. The van der Waals surface area contributed by atoms with Gasteiger partial charge >= 0.3 is 0 Å². The number of likely N-dealkylation sites (tertiary alicyclic amines) is 1. The summed E-state index contributed by atoms with van der Waals surface area (Å²) in [5, 5.41) is 6.93. The van der Waals surface area contributed by atoms with E-state index in [-0.39, 0.29) is 29.9 Å². The van der Waals surface area contributed by atoms with Gasteiger partial charge in [0.05, 0.1) is 6.54 Å². The minimum Gasteiger partial charge on any atom is -0.357 e. The smallest absolute Gasteiger partial charge is 0.222 e. The Balaban J connectivity index is 0.00000280. The molecule has 3 rings (SSSR count). The normalized spacial score (nSPS) is 18.4. The first-order valence-electron chi connectivity index (χ1n) is 10.5. The Bertz CT molecular complexity index is 667. The van der Waals surface area contributed by atoms with Gasteiger partial charge in [0.15, 0.2) is 5.96 Å². The van der Waals surface area contributed by atoms with Gasteiger partial charge in [-0.05, 0) is 49.1 Å². The Morgan fingerprint density at radius 3 is 2.46 bits per heavy atom. The van der Waals surface area contributed by atoms with Crippen LogP contribution >= 0.6 is 24.0 Å². The Kier molecular flexibility index (Phi) is 9.05. The van der Waals surface area contributed by atoms with Crippen molar-refractivity contribution in [2.75, 3.05) is 19.6 Å². The number of aliphatic imine (C=N–C) groups is 1. The second-order valence-electron chi connectivity index (χ2n) is 7.94. The Morgan fingerprint density at radius 1 is 1.14 bits per heavy atom. The van der Waals surface area contributed by atoms with Crippen LogP contribution in [0.15, 0.2) is 29.3 Å².